The highest BCUT2D eigenvalue weighted by Crippen LogP contribution is 2.26. The fourth-order valence-electron chi connectivity index (χ4n) is 3.22. The van der Waals surface area contributed by atoms with E-state index in [0.717, 1.165) is 25.1 Å². The van der Waals surface area contributed by atoms with Crippen molar-refractivity contribution in [3.05, 3.63) is 46.9 Å². The van der Waals surface area contributed by atoms with E-state index in [1.807, 2.05) is 6.08 Å². The first-order valence-corrected chi connectivity index (χ1v) is 11.9. The van der Waals surface area contributed by atoms with Crippen molar-refractivity contribution < 1.29 is 4.74 Å². The van der Waals surface area contributed by atoms with Crippen LogP contribution in [0.4, 0.5) is 5.69 Å². The fourth-order valence-corrected chi connectivity index (χ4v) is 3.95. The molecule has 0 saturated carbocycles. The van der Waals surface area contributed by atoms with E-state index in [1.165, 1.54) is 28.4 Å². The molecule has 0 saturated heterocycles. The maximum atomic E-state index is 9.62. The number of nitriles is 1. The molecule has 0 aliphatic heterocycles. The zero-order valence-corrected chi connectivity index (χ0v) is 20.9. The number of benzene rings is 2. The van der Waals surface area contributed by atoms with Crippen LogP contribution in [0, 0.1) is 11.3 Å². The Balaban J connectivity index is 2.07. The van der Waals surface area contributed by atoms with Crippen LogP contribution in [0.1, 0.15) is 60.5 Å². The topological polar surface area (TPSA) is 48.3 Å². The summed E-state index contributed by atoms with van der Waals surface area (Å²) in [5.74, 6) is 0. The molecule has 0 unspecified atom stereocenters. The molecule has 0 aromatic heterocycles. The van der Waals surface area contributed by atoms with Crippen molar-refractivity contribution in [2.45, 2.75) is 66.0 Å². The Morgan fingerprint density at radius 2 is 1.71 bits per heavy atom. The standard InChI is InChI=1S/C26H37N3OS/c1-8-29(9-2)23-13-12-21-16-20(10-11-22(21)18-23)17-24(19-27)31-28-26(6,7)14-15-30-25(3,4)5/h10-13,16-18,28H,8-9,14-15H2,1-7H3/b24-17+. The molecule has 31 heavy (non-hydrogen) atoms. The second-order valence-electron chi connectivity index (χ2n) is 9.38. The van der Waals surface area contributed by atoms with Crippen LogP contribution in [-0.4, -0.2) is 30.8 Å². The molecule has 168 valence electrons. The summed E-state index contributed by atoms with van der Waals surface area (Å²) < 4.78 is 9.27. The number of fused-ring (bicyclic) bond motifs is 1. The van der Waals surface area contributed by atoms with Crippen LogP contribution in [0.3, 0.4) is 0 Å². The minimum Gasteiger partial charge on any atom is -0.376 e. The molecule has 0 aliphatic rings. The normalized spacial score (nSPS) is 12.8. The Hall–Kier alpha value is -2.00. The lowest BCUT2D eigenvalue weighted by Crippen LogP contribution is -2.36. The number of allylic oxidation sites excluding steroid dienone is 1. The quantitative estimate of drug-likeness (QED) is 0.327. The highest BCUT2D eigenvalue weighted by molar-refractivity contribution is 8.01. The Labute approximate surface area is 192 Å². The largest absolute Gasteiger partial charge is 0.376 e. The Morgan fingerprint density at radius 3 is 2.32 bits per heavy atom. The van der Waals surface area contributed by atoms with E-state index >= 15 is 0 Å². The molecule has 1 N–H and O–H groups in total. The van der Waals surface area contributed by atoms with Gasteiger partial charge >= 0.3 is 0 Å². The summed E-state index contributed by atoms with van der Waals surface area (Å²) in [6, 6.07) is 15.2. The molecule has 0 amide bonds. The molecule has 0 radical (unpaired) electrons. The summed E-state index contributed by atoms with van der Waals surface area (Å²) in [7, 11) is 0. The molecule has 2 aromatic rings. The number of anilines is 1. The van der Waals surface area contributed by atoms with Gasteiger partial charge in [0.25, 0.3) is 0 Å². The molecule has 4 nitrogen and oxygen atoms in total. The maximum absolute atomic E-state index is 9.62. The summed E-state index contributed by atoms with van der Waals surface area (Å²) >= 11 is 1.39. The third-order valence-corrected chi connectivity index (χ3v) is 6.17. The first-order valence-electron chi connectivity index (χ1n) is 11.1. The van der Waals surface area contributed by atoms with E-state index in [2.05, 4.69) is 101 Å². The summed E-state index contributed by atoms with van der Waals surface area (Å²) in [6.07, 6.45) is 2.80. The zero-order valence-electron chi connectivity index (χ0n) is 20.1. The van der Waals surface area contributed by atoms with Gasteiger partial charge in [0.2, 0.25) is 0 Å². The average molecular weight is 440 g/mol. The summed E-state index contributed by atoms with van der Waals surface area (Å²) in [5.41, 5.74) is 2.00. The van der Waals surface area contributed by atoms with Crippen LogP contribution in [0.15, 0.2) is 41.3 Å². The predicted molar refractivity (Wildman–Crippen MR) is 136 cm³/mol. The third kappa shape index (κ3) is 8.22. The van der Waals surface area contributed by atoms with Gasteiger partial charge in [0.1, 0.15) is 11.0 Å². The van der Waals surface area contributed by atoms with Crippen LogP contribution in [-0.2, 0) is 4.74 Å². The van der Waals surface area contributed by atoms with Crippen molar-refractivity contribution in [1.29, 1.82) is 5.26 Å². The lowest BCUT2D eigenvalue weighted by molar-refractivity contribution is -0.0101. The van der Waals surface area contributed by atoms with Crippen molar-refractivity contribution in [2.24, 2.45) is 0 Å². The van der Waals surface area contributed by atoms with Gasteiger partial charge in [-0.15, -0.1) is 0 Å². The van der Waals surface area contributed by atoms with Gasteiger partial charge in [-0.05, 0) is 107 Å². The number of ether oxygens (including phenoxy) is 1. The maximum Gasteiger partial charge on any atom is 0.107 e. The van der Waals surface area contributed by atoms with Gasteiger partial charge in [-0.1, -0.05) is 18.2 Å². The molecule has 0 fully saturated rings. The SMILES string of the molecule is CCN(CC)c1ccc2cc(/C=C(\C#N)SNC(C)(C)CCOC(C)(C)C)ccc2c1. The summed E-state index contributed by atoms with van der Waals surface area (Å²) in [6.45, 7) is 17.5. The molecule has 2 rings (SSSR count). The highest BCUT2D eigenvalue weighted by Gasteiger charge is 2.20. The number of rotatable bonds is 10. The van der Waals surface area contributed by atoms with E-state index < -0.39 is 0 Å². The van der Waals surface area contributed by atoms with Crippen LogP contribution in [0.2, 0.25) is 0 Å². The van der Waals surface area contributed by atoms with Gasteiger partial charge in [-0.3, -0.25) is 4.72 Å². The Morgan fingerprint density at radius 1 is 1.06 bits per heavy atom. The molecule has 2 aromatic carbocycles. The van der Waals surface area contributed by atoms with Crippen LogP contribution < -0.4 is 9.62 Å². The van der Waals surface area contributed by atoms with Crippen molar-refractivity contribution in [2.75, 3.05) is 24.6 Å². The van der Waals surface area contributed by atoms with Crippen molar-refractivity contribution >= 4 is 34.5 Å². The molecule has 0 atom stereocenters. The van der Waals surface area contributed by atoms with Gasteiger partial charge in [0, 0.05) is 30.9 Å². The third-order valence-electron chi connectivity index (χ3n) is 5.08. The van der Waals surface area contributed by atoms with Crippen molar-refractivity contribution in [1.82, 2.24) is 4.72 Å². The molecule has 0 bridgehead atoms. The lowest BCUT2D eigenvalue weighted by atomic mass is 10.0. The van der Waals surface area contributed by atoms with Crippen LogP contribution in [0.25, 0.3) is 16.8 Å². The summed E-state index contributed by atoms with van der Waals surface area (Å²) in [5, 5.41) is 12.0. The lowest BCUT2D eigenvalue weighted by Gasteiger charge is -2.28. The molecular weight excluding hydrogens is 402 g/mol. The van der Waals surface area contributed by atoms with Gasteiger partial charge in [0.05, 0.1) is 5.60 Å². The summed E-state index contributed by atoms with van der Waals surface area (Å²) in [4.78, 5) is 2.99. The molecular formula is C26H37N3OS. The monoisotopic (exact) mass is 439 g/mol. The number of nitrogens with one attached hydrogen (secondary N) is 1. The van der Waals surface area contributed by atoms with E-state index in [0.29, 0.717) is 11.5 Å². The van der Waals surface area contributed by atoms with Crippen molar-refractivity contribution in [3.63, 3.8) is 0 Å². The van der Waals surface area contributed by atoms with E-state index in [9.17, 15) is 5.26 Å². The molecule has 0 heterocycles. The first-order chi connectivity index (χ1) is 14.6. The molecule has 5 heteroatoms. The smallest absolute Gasteiger partial charge is 0.107 e. The molecule has 0 aliphatic carbocycles. The van der Waals surface area contributed by atoms with Gasteiger partial charge in [0.15, 0.2) is 0 Å². The van der Waals surface area contributed by atoms with Gasteiger partial charge in [-0.2, -0.15) is 5.26 Å². The van der Waals surface area contributed by atoms with E-state index in [4.69, 9.17) is 4.74 Å². The minimum absolute atomic E-state index is 0.136. The minimum atomic E-state index is -0.143. The highest BCUT2D eigenvalue weighted by atomic mass is 32.2. The fraction of sp³-hybridized carbons (Fsp3) is 0.500. The average Bonchev–Trinajstić information content (AvgIpc) is 2.70. The Bertz CT molecular complexity index is 934. The molecule has 0 spiro atoms. The van der Waals surface area contributed by atoms with Crippen molar-refractivity contribution in [3.8, 4) is 6.07 Å². The zero-order chi connectivity index (χ0) is 23.1. The van der Waals surface area contributed by atoms with Gasteiger partial charge in [-0.25, -0.2) is 0 Å². The van der Waals surface area contributed by atoms with Crippen LogP contribution in [0.5, 0.6) is 0 Å². The van der Waals surface area contributed by atoms with Crippen LogP contribution >= 0.6 is 11.9 Å². The predicted octanol–water partition coefficient (Wildman–Crippen LogP) is 6.77. The van der Waals surface area contributed by atoms with Gasteiger partial charge < -0.3 is 9.64 Å². The Kier molecular flexibility index (Phi) is 9.00. The van der Waals surface area contributed by atoms with E-state index in [-0.39, 0.29) is 11.1 Å². The first kappa shape index (κ1) is 25.3. The second-order valence-corrected chi connectivity index (χ2v) is 10.2. The number of hydrogen-bond acceptors (Lipinski definition) is 5. The number of hydrogen-bond donors (Lipinski definition) is 1. The van der Waals surface area contributed by atoms with E-state index in [1.54, 1.807) is 0 Å². The second kappa shape index (κ2) is 11.0. The number of nitrogens with zero attached hydrogens (tertiary/aromatic N) is 2.